The number of hydrogen-bond donors (Lipinski definition) is 1. The highest BCUT2D eigenvalue weighted by Crippen LogP contribution is 2.21. The van der Waals surface area contributed by atoms with Gasteiger partial charge >= 0.3 is 0 Å². The van der Waals surface area contributed by atoms with Gasteiger partial charge in [-0.3, -0.25) is 0 Å². The van der Waals surface area contributed by atoms with Gasteiger partial charge in [0, 0.05) is 10.7 Å². The molecule has 3 heterocycles. The van der Waals surface area contributed by atoms with Crippen LogP contribution in [0.15, 0.2) is 54.7 Å². The summed E-state index contributed by atoms with van der Waals surface area (Å²) in [5.41, 5.74) is 1.89. The third-order valence-electron chi connectivity index (χ3n) is 3.13. The molecule has 3 aromatic rings. The molecule has 0 unspecified atom stereocenters. The molecule has 4 nitrogen and oxygen atoms in total. The molecule has 0 spiro atoms. The average Bonchev–Trinajstić information content (AvgIpc) is 2.61. The fourth-order valence-corrected chi connectivity index (χ4v) is 2.31. The number of anilines is 2. The molecule has 0 saturated heterocycles. The van der Waals surface area contributed by atoms with Crippen LogP contribution in [0.25, 0.3) is 0 Å². The predicted molar refractivity (Wildman–Crippen MR) is 92.5 cm³/mol. The maximum atomic E-state index is 13.3. The van der Waals surface area contributed by atoms with Crippen LogP contribution in [0.2, 0.25) is 10.3 Å². The summed E-state index contributed by atoms with van der Waals surface area (Å²) in [5.74, 6) is 0.423. The summed E-state index contributed by atoms with van der Waals surface area (Å²) >= 11 is 11.3. The van der Waals surface area contributed by atoms with Crippen molar-refractivity contribution >= 4 is 34.7 Å². The Morgan fingerprint density at radius 1 is 1.08 bits per heavy atom. The number of hydrogen-bond acceptors (Lipinski definition) is 4. The Morgan fingerprint density at radius 2 is 1.88 bits per heavy atom. The lowest BCUT2D eigenvalue weighted by Gasteiger charge is -2.11. The Hall–Kier alpha value is -2.37. The van der Waals surface area contributed by atoms with E-state index in [9.17, 15) is 4.39 Å². The van der Waals surface area contributed by atoms with E-state index < -0.39 is 5.82 Å². The zero-order valence-electron chi connectivity index (χ0n) is 12.3. The summed E-state index contributed by atoms with van der Waals surface area (Å²) in [6.07, 6.45) is 1.00. The van der Waals surface area contributed by atoms with Crippen molar-refractivity contribution in [1.29, 1.82) is 0 Å². The van der Waals surface area contributed by atoms with Gasteiger partial charge in [0.15, 0.2) is 11.6 Å². The Bertz CT molecular complexity index is 820. The third kappa shape index (κ3) is 4.34. The minimum absolute atomic E-state index is 0.0160. The molecule has 0 atom stereocenters. The van der Waals surface area contributed by atoms with E-state index in [0.29, 0.717) is 10.7 Å². The van der Waals surface area contributed by atoms with Gasteiger partial charge in [0.2, 0.25) is 5.28 Å². The topological polar surface area (TPSA) is 47.0 Å². The predicted octanol–water partition coefficient (Wildman–Crippen LogP) is 5.25. The first-order valence-electron chi connectivity index (χ1n) is 7.02. The van der Waals surface area contributed by atoms with E-state index in [4.69, 9.17) is 27.9 Å². The Labute approximate surface area is 148 Å². The molecular formula is C17H12Cl2FN3O. The van der Waals surface area contributed by atoms with Gasteiger partial charge in [-0.25, -0.2) is 9.37 Å². The van der Waals surface area contributed by atoms with Gasteiger partial charge in [-0.2, -0.15) is 4.98 Å². The molecule has 24 heavy (non-hydrogen) atoms. The molecule has 0 radical (unpaired) electrons. The van der Waals surface area contributed by atoms with Crippen LogP contribution in [0.1, 0.15) is 5.56 Å². The van der Waals surface area contributed by atoms with E-state index in [1.165, 1.54) is 5.56 Å². The highest BCUT2D eigenvalue weighted by molar-refractivity contribution is 6.30. The van der Waals surface area contributed by atoms with Crippen LogP contribution in [-0.2, 0) is 6.61 Å². The minimum Gasteiger partial charge on any atom is -0.489 e. The number of halogens is 3. The fraction of sp³-hybridized carbons (Fsp3) is 0.0588. The van der Waals surface area contributed by atoms with E-state index >= 15 is 0 Å². The van der Waals surface area contributed by atoms with Crippen molar-refractivity contribution in [1.82, 2.24) is 9.97 Å². The summed E-state index contributed by atoms with van der Waals surface area (Å²) in [6.45, 7) is 0.766. The molecule has 1 N–H and O–H groups in total. The number of nitrogens with zero attached hydrogens (tertiary/aromatic N) is 2. The van der Waals surface area contributed by atoms with Crippen molar-refractivity contribution in [2.75, 3.05) is 5.32 Å². The lowest BCUT2D eigenvalue weighted by atomic mass is 10.2. The molecule has 0 saturated carbocycles. The first-order chi connectivity index (χ1) is 11.6. The van der Waals surface area contributed by atoms with Crippen molar-refractivity contribution in [2.45, 2.75) is 6.61 Å². The van der Waals surface area contributed by atoms with Gasteiger partial charge in [0.25, 0.3) is 0 Å². The molecule has 2 aliphatic rings. The van der Waals surface area contributed by atoms with Gasteiger partial charge in [0.1, 0.15) is 12.4 Å². The van der Waals surface area contributed by atoms with Crippen LogP contribution in [0.3, 0.4) is 0 Å². The van der Waals surface area contributed by atoms with Crippen LogP contribution in [0, 0.1) is 5.82 Å². The summed E-state index contributed by atoms with van der Waals surface area (Å²) in [6, 6.07) is 15.0. The van der Waals surface area contributed by atoms with Crippen LogP contribution >= 0.6 is 23.2 Å². The Kier molecular flexibility index (Phi) is 5.13. The Morgan fingerprint density at radius 3 is 2.42 bits per heavy atom. The van der Waals surface area contributed by atoms with Crippen LogP contribution in [0.4, 0.5) is 15.9 Å². The van der Waals surface area contributed by atoms with E-state index in [1.807, 2.05) is 12.1 Å². The number of aromatic nitrogens is 2. The second-order valence-electron chi connectivity index (χ2n) is 4.90. The quantitative estimate of drug-likeness (QED) is 0.632. The van der Waals surface area contributed by atoms with Gasteiger partial charge in [-0.05, 0) is 47.5 Å². The van der Waals surface area contributed by atoms with E-state index in [0.717, 1.165) is 18.6 Å². The molecular weight excluding hydrogens is 352 g/mol. The van der Waals surface area contributed by atoms with E-state index in [2.05, 4.69) is 27.4 Å². The molecule has 2 aromatic carbocycles. The number of benzene rings is 2. The zero-order valence-corrected chi connectivity index (χ0v) is 13.9. The van der Waals surface area contributed by atoms with Crippen molar-refractivity contribution in [3.63, 3.8) is 0 Å². The first-order valence-corrected chi connectivity index (χ1v) is 7.78. The van der Waals surface area contributed by atoms with Gasteiger partial charge in [0.05, 0.1) is 6.20 Å². The maximum Gasteiger partial charge on any atom is 0.224 e. The Balaban J connectivity index is 0.000000175. The summed E-state index contributed by atoms with van der Waals surface area (Å²) in [5, 5.41) is 3.28. The largest absolute Gasteiger partial charge is 0.489 e. The summed E-state index contributed by atoms with van der Waals surface area (Å²) in [7, 11) is 0. The maximum absolute atomic E-state index is 13.3. The number of fused-ring (bicyclic) bond motifs is 3. The van der Waals surface area contributed by atoms with Gasteiger partial charge < -0.3 is 10.1 Å². The number of nitrogens with one attached hydrogen (secondary N) is 1. The average molecular weight is 364 g/mol. The van der Waals surface area contributed by atoms with E-state index in [1.54, 1.807) is 24.3 Å². The molecule has 0 aliphatic carbocycles. The van der Waals surface area contributed by atoms with Crippen LogP contribution < -0.4 is 10.1 Å². The SMILES string of the molecule is Fc1cnc(Cl)nc1Nc1cccc(Cl)c1.c1cc2ccc1CO2. The van der Waals surface area contributed by atoms with Crippen LogP contribution in [0.5, 0.6) is 5.75 Å². The zero-order chi connectivity index (χ0) is 16.9. The van der Waals surface area contributed by atoms with Gasteiger partial charge in [-0.1, -0.05) is 29.8 Å². The molecule has 122 valence electrons. The fourth-order valence-electron chi connectivity index (χ4n) is 1.98. The van der Waals surface area contributed by atoms with Crippen LogP contribution in [-0.4, -0.2) is 9.97 Å². The highest BCUT2D eigenvalue weighted by Gasteiger charge is 2.06. The van der Waals surface area contributed by atoms with Crippen molar-refractivity contribution in [3.8, 4) is 5.75 Å². The number of ether oxygens (including phenoxy) is 1. The molecule has 2 bridgehead atoms. The molecule has 0 amide bonds. The summed E-state index contributed by atoms with van der Waals surface area (Å²) in [4.78, 5) is 7.23. The third-order valence-corrected chi connectivity index (χ3v) is 3.55. The monoisotopic (exact) mass is 363 g/mol. The van der Waals surface area contributed by atoms with Crippen molar-refractivity contribution in [2.24, 2.45) is 0 Å². The van der Waals surface area contributed by atoms with Gasteiger partial charge in [-0.15, -0.1) is 0 Å². The van der Waals surface area contributed by atoms with E-state index in [-0.39, 0.29) is 11.1 Å². The molecule has 5 rings (SSSR count). The molecule has 7 heteroatoms. The molecule has 2 aliphatic heterocycles. The van der Waals surface area contributed by atoms with Crippen molar-refractivity contribution in [3.05, 3.63) is 76.4 Å². The standard InChI is InChI=1S/C10H6Cl2FN3.C7H6O/c11-6-2-1-3-7(4-6)15-9-8(13)5-14-10(12)16-9;1-3-7-4-2-6(1)5-8-7/h1-5H,(H,14,15,16);1-4H,5H2. The second kappa shape index (κ2) is 7.47. The van der Waals surface area contributed by atoms with Crippen molar-refractivity contribution < 1.29 is 9.13 Å². The summed E-state index contributed by atoms with van der Waals surface area (Å²) < 4.78 is 18.5. The first kappa shape index (κ1) is 16.5. The molecule has 1 aromatic heterocycles. The smallest absolute Gasteiger partial charge is 0.224 e. The lowest BCUT2D eigenvalue weighted by Crippen LogP contribution is -2.00. The highest BCUT2D eigenvalue weighted by atomic mass is 35.5. The minimum atomic E-state index is -0.579. The normalized spacial score (nSPS) is 11.3. The second-order valence-corrected chi connectivity index (χ2v) is 5.68. The number of rotatable bonds is 2. The molecule has 0 fully saturated rings. The lowest BCUT2D eigenvalue weighted by molar-refractivity contribution is 0.295.